The number of piperidine rings is 1. The Kier molecular flexibility index (Phi) is 3.31. The maximum absolute atomic E-state index is 12.2. The monoisotopic (exact) mass is 314 g/mol. The molecular formula is C19H26N2O2. The van der Waals surface area contributed by atoms with Crippen LogP contribution < -0.4 is 4.73 Å². The van der Waals surface area contributed by atoms with Gasteiger partial charge >= 0.3 is 0 Å². The van der Waals surface area contributed by atoms with Gasteiger partial charge in [0.15, 0.2) is 12.4 Å². The fourth-order valence-corrected chi connectivity index (χ4v) is 6.22. The van der Waals surface area contributed by atoms with Gasteiger partial charge in [0.05, 0.1) is 0 Å². The first-order valence-corrected chi connectivity index (χ1v) is 8.84. The van der Waals surface area contributed by atoms with Gasteiger partial charge in [0.2, 0.25) is 0 Å². The van der Waals surface area contributed by atoms with E-state index in [4.69, 9.17) is 0 Å². The Morgan fingerprint density at radius 3 is 2.91 bits per heavy atom. The van der Waals surface area contributed by atoms with Crippen molar-refractivity contribution in [2.45, 2.75) is 45.6 Å². The topological polar surface area (TPSA) is 47.2 Å². The van der Waals surface area contributed by atoms with Crippen molar-refractivity contribution in [3.05, 3.63) is 34.8 Å². The van der Waals surface area contributed by atoms with Gasteiger partial charge in [-0.25, -0.2) is 0 Å². The third-order valence-corrected chi connectivity index (χ3v) is 7.01. The molecule has 23 heavy (non-hydrogen) atoms. The first-order chi connectivity index (χ1) is 10.9. The zero-order valence-corrected chi connectivity index (χ0v) is 14.3. The lowest BCUT2D eigenvalue weighted by Crippen LogP contribution is -2.54. The van der Waals surface area contributed by atoms with Crippen LogP contribution in [0.3, 0.4) is 0 Å². The van der Waals surface area contributed by atoms with E-state index >= 15 is 0 Å². The van der Waals surface area contributed by atoms with Crippen molar-refractivity contribution < 1.29 is 9.52 Å². The molecule has 0 bridgehead atoms. The number of Topliss-reactive ketones (excluding diaryl/α,β-unsaturated/α-hetero) is 1. The number of fused-ring (bicyclic) bond motifs is 5. The number of rotatable bonds is 1. The van der Waals surface area contributed by atoms with Gasteiger partial charge in [-0.05, 0) is 62.5 Å². The van der Waals surface area contributed by atoms with Gasteiger partial charge in [0.25, 0.3) is 0 Å². The number of aromatic nitrogens is 1. The first-order valence-electron chi connectivity index (χ1n) is 8.84. The number of pyridine rings is 1. The zero-order valence-electron chi connectivity index (χ0n) is 14.3. The molecular weight excluding hydrogens is 288 g/mol. The fourth-order valence-electron chi connectivity index (χ4n) is 6.22. The molecule has 0 N–H and O–H groups in total. The van der Waals surface area contributed by atoms with Gasteiger partial charge in [-0.2, -0.15) is 4.73 Å². The molecule has 0 aromatic carbocycles. The summed E-state index contributed by atoms with van der Waals surface area (Å²) >= 11 is 0. The molecule has 0 radical (unpaired) electrons. The molecule has 124 valence electrons. The Hall–Kier alpha value is -1.42. The lowest BCUT2D eigenvalue weighted by molar-refractivity contribution is -0.606. The quantitative estimate of drug-likeness (QED) is 0.591. The minimum Gasteiger partial charge on any atom is -0.619 e. The summed E-state index contributed by atoms with van der Waals surface area (Å²) in [6.45, 7) is 5.10. The summed E-state index contributed by atoms with van der Waals surface area (Å²) in [5.74, 6) is 1.82. The number of ketones is 1. The van der Waals surface area contributed by atoms with E-state index in [2.05, 4.69) is 18.9 Å². The van der Waals surface area contributed by atoms with Crippen molar-refractivity contribution >= 4 is 5.78 Å². The van der Waals surface area contributed by atoms with E-state index in [1.54, 1.807) is 19.3 Å². The molecule has 1 saturated heterocycles. The van der Waals surface area contributed by atoms with Gasteiger partial charge in [-0.3, -0.25) is 9.69 Å². The second kappa shape index (κ2) is 5.04. The molecule has 1 aromatic heterocycles. The number of likely N-dealkylation sites (tertiary alicyclic amines) is 1. The Balaban J connectivity index is 1.74. The lowest BCUT2D eigenvalue weighted by atomic mass is 9.59. The van der Waals surface area contributed by atoms with Crippen LogP contribution >= 0.6 is 0 Å². The van der Waals surface area contributed by atoms with Crippen LogP contribution in [0.15, 0.2) is 18.5 Å². The van der Waals surface area contributed by atoms with Crippen LogP contribution in [0.25, 0.3) is 0 Å². The molecule has 5 atom stereocenters. The van der Waals surface area contributed by atoms with Crippen LogP contribution in [0.2, 0.25) is 0 Å². The highest BCUT2D eigenvalue weighted by atomic mass is 16.5. The number of nitrogens with zero attached hydrogens (tertiary/aromatic N) is 2. The highest BCUT2D eigenvalue weighted by molar-refractivity contribution is 5.79. The largest absolute Gasteiger partial charge is 0.619 e. The van der Waals surface area contributed by atoms with Gasteiger partial charge in [0, 0.05) is 30.1 Å². The summed E-state index contributed by atoms with van der Waals surface area (Å²) in [7, 11) is 2.20. The summed E-state index contributed by atoms with van der Waals surface area (Å²) in [5.41, 5.74) is 2.66. The Labute approximate surface area is 138 Å². The van der Waals surface area contributed by atoms with Crippen LogP contribution in [-0.2, 0) is 11.2 Å². The molecule has 2 aliphatic carbocycles. The van der Waals surface area contributed by atoms with Crippen LogP contribution in [0.5, 0.6) is 0 Å². The molecule has 0 amide bonds. The molecule has 4 rings (SSSR count). The smallest absolute Gasteiger partial charge is 0.183 e. The molecule has 2 heterocycles. The average Bonchev–Trinajstić information content (AvgIpc) is 2.83. The number of aryl methyl sites for hydroxylation is 1. The van der Waals surface area contributed by atoms with Crippen LogP contribution in [0.4, 0.5) is 0 Å². The maximum atomic E-state index is 12.2. The highest BCUT2D eigenvalue weighted by Gasteiger charge is 2.57. The lowest BCUT2D eigenvalue weighted by Gasteiger charge is -2.54. The maximum Gasteiger partial charge on any atom is 0.183 e. The second-order valence-corrected chi connectivity index (χ2v) is 8.20. The predicted molar refractivity (Wildman–Crippen MR) is 87.6 cm³/mol. The van der Waals surface area contributed by atoms with E-state index < -0.39 is 0 Å². The van der Waals surface area contributed by atoms with Gasteiger partial charge in [-0.1, -0.05) is 6.92 Å². The highest BCUT2D eigenvalue weighted by Crippen LogP contribution is 2.60. The summed E-state index contributed by atoms with van der Waals surface area (Å²) in [5, 5.41) is 11.6. The van der Waals surface area contributed by atoms with Crippen LogP contribution in [0, 0.1) is 28.4 Å². The summed E-state index contributed by atoms with van der Waals surface area (Å²) < 4.78 is 0.924. The van der Waals surface area contributed by atoms with Crippen LogP contribution in [0.1, 0.15) is 50.3 Å². The molecule has 1 aliphatic heterocycles. The van der Waals surface area contributed by atoms with Crippen molar-refractivity contribution in [1.29, 1.82) is 0 Å². The van der Waals surface area contributed by atoms with E-state index in [1.807, 2.05) is 6.07 Å². The molecule has 1 aromatic rings. The number of carbonyl (C=O) groups is 1. The molecule has 4 heteroatoms. The van der Waals surface area contributed by atoms with Gasteiger partial charge in [0.1, 0.15) is 5.78 Å². The van der Waals surface area contributed by atoms with E-state index in [9.17, 15) is 10.0 Å². The molecule has 1 saturated carbocycles. The van der Waals surface area contributed by atoms with E-state index in [-0.39, 0.29) is 11.3 Å². The minimum atomic E-state index is 0.118. The molecule has 3 aliphatic rings. The SMILES string of the molecule is CC(=O)[C@@H]1CC[C@H]2[C@@H]3CCc4c[n+]([O-])ccc4[C@H]3N(C)C[C@@]12C. The number of hydrogen-bond acceptors (Lipinski definition) is 3. The number of hydrogen-bond donors (Lipinski definition) is 0. The summed E-state index contributed by atoms with van der Waals surface area (Å²) in [6.07, 6.45) is 7.74. The Morgan fingerprint density at radius 1 is 1.39 bits per heavy atom. The second-order valence-electron chi connectivity index (χ2n) is 8.20. The van der Waals surface area contributed by atoms with E-state index in [0.29, 0.717) is 23.7 Å². The van der Waals surface area contributed by atoms with Gasteiger partial charge < -0.3 is 5.21 Å². The molecule has 0 spiro atoms. The predicted octanol–water partition coefficient (Wildman–Crippen LogP) is 2.49. The minimum absolute atomic E-state index is 0.118. The number of carbonyl (C=O) groups excluding carboxylic acids is 1. The summed E-state index contributed by atoms with van der Waals surface area (Å²) in [4.78, 5) is 14.6. The third kappa shape index (κ3) is 2.07. The Morgan fingerprint density at radius 2 is 2.17 bits per heavy atom. The van der Waals surface area contributed by atoms with Crippen molar-refractivity contribution in [3.63, 3.8) is 0 Å². The zero-order chi connectivity index (χ0) is 16.4. The van der Waals surface area contributed by atoms with Crippen molar-refractivity contribution in [3.8, 4) is 0 Å². The summed E-state index contributed by atoms with van der Waals surface area (Å²) in [6, 6.07) is 2.43. The normalized spacial score (nSPS) is 39.4. The fraction of sp³-hybridized carbons (Fsp3) is 0.684. The van der Waals surface area contributed by atoms with E-state index in [0.717, 1.165) is 30.5 Å². The third-order valence-electron chi connectivity index (χ3n) is 7.01. The van der Waals surface area contributed by atoms with Crippen LogP contribution in [-0.4, -0.2) is 24.3 Å². The van der Waals surface area contributed by atoms with Crippen molar-refractivity contribution in [1.82, 2.24) is 4.90 Å². The molecule has 0 unspecified atom stereocenters. The van der Waals surface area contributed by atoms with E-state index in [1.165, 1.54) is 17.5 Å². The standard InChI is InChI=1S/C19H26N2O2/c1-12(22)16-6-7-17-15-5-4-13-10-21(23)9-8-14(13)18(15)20(3)11-19(16,17)2/h8-10,15-18H,4-7,11H2,1-3H3/t15-,16-,17-,18+,19-/m0/s1. The van der Waals surface area contributed by atoms with Crippen molar-refractivity contribution in [2.75, 3.05) is 13.6 Å². The first kappa shape index (κ1) is 15.1. The Bertz CT molecular complexity index is 659. The average molecular weight is 314 g/mol. The molecule has 4 nitrogen and oxygen atoms in total. The van der Waals surface area contributed by atoms with Gasteiger partial charge in [-0.15, -0.1) is 0 Å². The van der Waals surface area contributed by atoms with Crippen molar-refractivity contribution in [2.24, 2.45) is 23.2 Å². The molecule has 2 fully saturated rings.